The fourth-order valence-corrected chi connectivity index (χ4v) is 4.47. The van der Waals surface area contributed by atoms with E-state index in [1.807, 2.05) is 10.4 Å². The number of thiazole rings is 1. The zero-order chi connectivity index (χ0) is 16.7. The van der Waals surface area contributed by atoms with Crippen molar-refractivity contribution >= 4 is 17.2 Å². The molecule has 4 rings (SSSR count). The van der Waals surface area contributed by atoms with Crippen LogP contribution in [-0.2, 0) is 24.4 Å². The van der Waals surface area contributed by atoms with Crippen molar-refractivity contribution in [2.45, 2.75) is 52.4 Å². The molecule has 2 aromatic rings. The summed E-state index contributed by atoms with van der Waals surface area (Å²) in [5.74, 6) is 2.08. The van der Waals surface area contributed by atoms with E-state index in [2.05, 4.69) is 31.6 Å². The predicted octanol–water partition coefficient (Wildman–Crippen LogP) is 1.74. The third-order valence-corrected chi connectivity index (χ3v) is 6.00. The van der Waals surface area contributed by atoms with Crippen molar-refractivity contribution in [1.82, 2.24) is 29.5 Å². The lowest BCUT2D eigenvalue weighted by Gasteiger charge is -2.29. The van der Waals surface area contributed by atoms with Gasteiger partial charge in [0.05, 0.1) is 23.8 Å². The summed E-state index contributed by atoms with van der Waals surface area (Å²) in [6.07, 6.45) is 2.30. The van der Waals surface area contributed by atoms with Gasteiger partial charge in [-0.2, -0.15) is 0 Å². The van der Waals surface area contributed by atoms with Crippen LogP contribution in [0.3, 0.4) is 0 Å². The van der Waals surface area contributed by atoms with E-state index < -0.39 is 0 Å². The SMILES string of the molecule is CC(=O)N1CCn2c(nnc2C2CCCN2Cc2scnc2C)C1. The molecule has 0 aliphatic carbocycles. The van der Waals surface area contributed by atoms with Gasteiger partial charge in [0.1, 0.15) is 0 Å². The maximum absolute atomic E-state index is 11.6. The number of aromatic nitrogens is 4. The number of rotatable bonds is 3. The van der Waals surface area contributed by atoms with Gasteiger partial charge < -0.3 is 9.47 Å². The summed E-state index contributed by atoms with van der Waals surface area (Å²) in [5, 5.41) is 8.86. The average Bonchev–Trinajstić information content (AvgIpc) is 3.27. The minimum absolute atomic E-state index is 0.106. The van der Waals surface area contributed by atoms with Crippen LogP contribution < -0.4 is 0 Å². The van der Waals surface area contributed by atoms with Crippen LogP contribution in [0.4, 0.5) is 0 Å². The second-order valence-electron chi connectivity index (χ2n) is 6.56. The number of aryl methyl sites for hydroxylation is 1. The number of carbonyl (C=O) groups is 1. The first-order chi connectivity index (χ1) is 11.6. The summed E-state index contributed by atoms with van der Waals surface area (Å²) in [6, 6.07) is 0.316. The standard InChI is InChI=1S/C16H22N6OS/c1-11-14(24-10-17-11)8-21-5-3-4-13(21)16-19-18-15-9-20(12(2)23)6-7-22(15)16/h10,13H,3-9H2,1-2H3. The molecule has 0 aromatic carbocycles. The van der Waals surface area contributed by atoms with Crippen LogP contribution in [0.15, 0.2) is 5.51 Å². The van der Waals surface area contributed by atoms with Crippen LogP contribution in [0.25, 0.3) is 0 Å². The van der Waals surface area contributed by atoms with Crippen molar-refractivity contribution in [2.24, 2.45) is 0 Å². The molecule has 0 spiro atoms. The normalized spacial score (nSPS) is 21.2. The smallest absolute Gasteiger partial charge is 0.219 e. The molecule has 0 N–H and O–H groups in total. The largest absolute Gasteiger partial charge is 0.334 e. The molecule has 4 heterocycles. The average molecular weight is 346 g/mol. The lowest BCUT2D eigenvalue weighted by Crippen LogP contribution is -2.38. The maximum atomic E-state index is 11.6. The van der Waals surface area contributed by atoms with Crippen LogP contribution in [0, 0.1) is 6.92 Å². The van der Waals surface area contributed by atoms with Crippen LogP contribution in [-0.4, -0.2) is 48.5 Å². The van der Waals surface area contributed by atoms with Crippen molar-refractivity contribution in [3.63, 3.8) is 0 Å². The molecule has 24 heavy (non-hydrogen) atoms. The van der Waals surface area contributed by atoms with Gasteiger partial charge in [0, 0.05) is 31.4 Å². The van der Waals surface area contributed by atoms with E-state index in [9.17, 15) is 4.79 Å². The van der Waals surface area contributed by atoms with Crippen molar-refractivity contribution in [2.75, 3.05) is 13.1 Å². The van der Waals surface area contributed by atoms with E-state index in [-0.39, 0.29) is 5.91 Å². The molecule has 2 aromatic heterocycles. The second kappa shape index (κ2) is 6.25. The molecule has 1 unspecified atom stereocenters. The first-order valence-corrected chi connectivity index (χ1v) is 9.32. The molecule has 1 amide bonds. The molecular weight excluding hydrogens is 324 g/mol. The van der Waals surface area contributed by atoms with Crippen LogP contribution in [0.2, 0.25) is 0 Å². The molecule has 0 bridgehead atoms. The molecule has 1 atom stereocenters. The Balaban J connectivity index is 1.55. The van der Waals surface area contributed by atoms with Gasteiger partial charge >= 0.3 is 0 Å². The summed E-state index contributed by atoms with van der Waals surface area (Å²) in [7, 11) is 0. The van der Waals surface area contributed by atoms with Gasteiger partial charge in [-0.3, -0.25) is 9.69 Å². The Morgan fingerprint density at radius 1 is 1.33 bits per heavy atom. The van der Waals surface area contributed by atoms with Gasteiger partial charge in [0.2, 0.25) is 5.91 Å². The quantitative estimate of drug-likeness (QED) is 0.847. The first-order valence-electron chi connectivity index (χ1n) is 8.44. The van der Waals surface area contributed by atoms with Crippen LogP contribution in [0.1, 0.15) is 48.0 Å². The Hall–Kier alpha value is -1.80. The fraction of sp³-hybridized carbons (Fsp3) is 0.625. The highest BCUT2D eigenvalue weighted by atomic mass is 32.1. The van der Waals surface area contributed by atoms with E-state index in [1.165, 1.54) is 11.3 Å². The van der Waals surface area contributed by atoms with Crippen molar-refractivity contribution in [3.05, 3.63) is 27.7 Å². The molecule has 1 fully saturated rings. The van der Waals surface area contributed by atoms with Gasteiger partial charge in [0.25, 0.3) is 0 Å². The van der Waals surface area contributed by atoms with E-state index in [4.69, 9.17) is 0 Å². The Morgan fingerprint density at radius 3 is 2.96 bits per heavy atom. The number of carbonyl (C=O) groups excluding carboxylic acids is 1. The van der Waals surface area contributed by atoms with Gasteiger partial charge in [-0.1, -0.05) is 0 Å². The molecule has 2 aliphatic heterocycles. The molecule has 0 radical (unpaired) electrons. The summed E-state index contributed by atoms with van der Waals surface area (Å²) in [4.78, 5) is 21.6. The minimum atomic E-state index is 0.106. The molecule has 128 valence electrons. The van der Waals surface area contributed by atoms with Crippen LogP contribution in [0.5, 0.6) is 0 Å². The molecule has 2 aliphatic rings. The number of fused-ring (bicyclic) bond motifs is 1. The lowest BCUT2D eigenvalue weighted by molar-refractivity contribution is -0.130. The first kappa shape index (κ1) is 15.7. The van der Waals surface area contributed by atoms with Crippen molar-refractivity contribution in [3.8, 4) is 0 Å². The topological polar surface area (TPSA) is 67.2 Å². The summed E-state index contributed by atoms with van der Waals surface area (Å²) in [6.45, 7) is 7.82. The fourth-order valence-electron chi connectivity index (χ4n) is 3.67. The number of hydrogen-bond donors (Lipinski definition) is 0. The third-order valence-electron chi connectivity index (χ3n) is 5.08. The zero-order valence-electron chi connectivity index (χ0n) is 14.1. The number of amides is 1. The lowest BCUT2D eigenvalue weighted by atomic mass is 10.2. The molecule has 1 saturated heterocycles. The highest BCUT2D eigenvalue weighted by molar-refractivity contribution is 7.09. The molecule has 0 saturated carbocycles. The molecular formula is C16H22N6OS. The Morgan fingerprint density at radius 2 is 2.21 bits per heavy atom. The minimum Gasteiger partial charge on any atom is -0.334 e. The highest BCUT2D eigenvalue weighted by Gasteiger charge is 2.33. The van der Waals surface area contributed by atoms with Crippen LogP contribution >= 0.6 is 11.3 Å². The maximum Gasteiger partial charge on any atom is 0.219 e. The number of likely N-dealkylation sites (tertiary alicyclic amines) is 1. The van der Waals surface area contributed by atoms with Gasteiger partial charge in [-0.15, -0.1) is 21.5 Å². The third kappa shape index (κ3) is 2.73. The number of hydrogen-bond acceptors (Lipinski definition) is 6. The summed E-state index contributed by atoms with van der Waals surface area (Å²) >= 11 is 1.73. The Bertz CT molecular complexity index is 754. The van der Waals surface area contributed by atoms with Gasteiger partial charge in [-0.25, -0.2) is 4.98 Å². The Labute approximate surface area is 145 Å². The number of nitrogens with zero attached hydrogens (tertiary/aromatic N) is 6. The van der Waals surface area contributed by atoms with E-state index in [0.717, 1.165) is 49.9 Å². The van der Waals surface area contributed by atoms with E-state index >= 15 is 0 Å². The summed E-state index contributed by atoms with van der Waals surface area (Å²) in [5.41, 5.74) is 3.05. The van der Waals surface area contributed by atoms with E-state index in [0.29, 0.717) is 12.6 Å². The van der Waals surface area contributed by atoms with Crippen molar-refractivity contribution < 1.29 is 4.79 Å². The second-order valence-corrected chi connectivity index (χ2v) is 7.50. The van der Waals surface area contributed by atoms with E-state index in [1.54, 1.807) is 18.3 Å². The monoisotopic (exact) mass is 346 g/mol. The molecule has 8 heteroatoms. The predicted molar refractivity (Wildman–Crippen MR) is 90.3 cm³/mol. The zero-order valence-corrected chi connectivity index (χ0v) is 14.9. The molecule has 7 nitrogen and oxygen atoms in total. The highest BCUT2D eigenvalue weighted by Crippen LogP contribution is 2.34. The Kier molecular flexibility index (Phi) is 4.09. The van der Waals surface area contributed by atoms with Gasteiger partial charge in [-0.05, 0) is 26.3 Å². The summed E-state index contributed by atoms with van der Waals surface area (Å²) < 4.78 is 2.22. The van der Waals surface area contributed by atoms with Crippen molar-refractivity contribution in [1.29, 1.82) is 0 Å². The van der Waals surface area contributed by atoms with Gasteiger partial charge in [0.15, 0.2) is 11.6 Å².